The third-order valence-corrected chi connectivity index (χ3v) is 7.43. The van der Waals surface area contributed by atoms with Gasteiger partial charge in [0.1, 0.15) is 6.61 Å². The van der Waals surface area contributed by atoms with Gasteiger partial charge in [-0.05, 0) is 37.2 Å². The molecule has 184 valence electrons. The molecule has 2 N–H and O–H groups in total. The molecule has 0 bridgehead atoms. The Kier molecular flexibility index (Phi) is 10.5. The zero-order valence-corrected chi connectivity index (χ0v) is 20.2. The van der Waals surface area contributed by atoms with Gasteiger partial charge in [0.05, 0.1) is 5.92 Å². The molecule has 2 aliphatic carbocycles. The number of hydrogen-bond acceptors (Lipinski definition) is 4. The molecule has 3 aliphatic rings. The number of carboxylic acids is 1. The van der Waals surface area contributed by atoms with E-state index in [0.717, 1.165) is 24.1 Å². The second-order valence-corrected chi connectivity index (χ2v) is 9.89. The van der Waals surface area contributed by atoms with E-state index in [1.54, 1.807) is 0 Å². The molecule has 33 heavy (non-hydrogen) atoms. The minimum absolute atomic E-state index is 0.0109. The van der Waals surface area contributed by atoms with Crippen LogP contribution in [-0.2, 0) is 16.1 Å². The first-order valence-electron chi connectivity index (χ1n) is 13.0. The normalized spacial score (nSPS) is 24.1. The predicted molar refractivity (Wildman–Crippen MR) is 130 cm³/mol. The summed E-state index contributed by atoms with van der Waals surface area (Å²) in [6.07, 6.45) is 14.9. The first-order valence-corrected chi connectivity index (χ1v) is 13.0. The van der Waals surface area contributed by atoms with Crippen LogP contribution in [0.1, 0.15) is 83.1 Å². The molecule has 0 aromatic heterocycles. The molecule has 4 rings (SSSR count). The number of nitrogens with one attached hydrogen (secondary N) is 1. The maximum absolute atomic E-state index is 12.0. The Hall–Kier alpha value is -2.08. The highest BCUT2D eigenvalue weighted by atomic mass is 16.6. The van der Waals surface area contributed by atoms with E-state index < -0.39 is 18.0 Å². The summed E-state index contributed by atoms with van der Waals surface area (Å²) in [6, 6.07) is 11.2. The van der Waals surface area contributed by atoms with Crippen LogP contribution in [0, 0.1) is 11.8 Å². The Balaban J connectivity index is 0.000000203. The monoisotopic (exact) mass is 458 g/mol. The smallest absolute Gasteiger partial charge is 0.410 e. The van der Waals surface area contributed by atoms with Gasteiger partial charge in [0, 0.05) is 25.2 Å². The average molecular weight is 459 g/mol. The first-order chi connectivity index (χ1) is 16.1. The van der Waals surface area contributed by atoms with Crippen LogP contribution >= 0.6 is 0 Å². The molecule has 1 aliphatic heterocycles. The first kappa shape index (κ1) is 25.5. The highest BCUT2D eigenvalue weighted by molar-refractivity contribution is 5.74. The van der Waals surface area contributed by atoms with E-state index in [-0.39, 0.29) is 19.1 Å². The lowest BCUT2D eigenvalue weighted by molar-refractivity contribution is -0.142. The fourth-order valence-electron chi connectivity index (χ4n) is 5.40. The fourth-order valence-corrected chi connectivity index (χ4v) is 5.40. The molecule has 6 nitrogen and oxygen atoms in total. The summed E-state index contributed by atoms with van der Waals surface area (Å²) in [5.74, 6) is -1.31. The molecule has 3 fully saturated rings. The third kappa shape index (κ3) is 8.33. The van der Waals surface area contributed by atoms with Crippen LogP contribution < -0.4 is 5.32 Å². The van der Waals surface area contributed by atoms with Crippen molar-refractivity contribution in [2.45, 2.75) is 96.2 Å². The van der Waals surface area contributed by atoms with Gasteiger partial charge in [0.2, 0.25) is 0 Å². The number of aliphatic carboxylic acids is 1. The number of benzene rings is 1. The van der Waals surface area contributed by atoms with E-state index in [1.165, 1.54) is 69.1 Å². The number of nitrogens with zero attached hydrogens (tertiary/aromatic N) is 1. The van der Waals surface area contributed by atoms with Crippen molar-refractivity contribution in [2.24, 2.45) is 11.8 Å². The van der Waals surface area contributed by atoms with Crippen LogP contribution in [0.15, 0.2) is 30.3 Å². The van der Waals surface area contributed by atoms with Crippen molar-refractivity contribution in [3.8, 4) is 0 Å². The van der Waals surface area contributed by atoms with Crippen molar-refractivity contribution in [1.29, 1.82) is 0 Å². The molecule has 1 amide bonds. The Morgan fingerprint density at radius 2 is 1.52 bits per heavy atom. The molecule has 0 radical (unpaired) electrons. The van der Waals surface area contributed by atoms with Gasteiger partial charge >= 0.3 is 12.1 Å². The van der Waals surface area contributed by atoms with E-state index in [9.17, 15) is 9.59 Å². The standard InChI is InChI=1S/C15H19NO4.C12H23N/c1-2-12-8-16(9-13(12)14(17)18)15(19)20-10-11-6-4-3-5-7-11;1-3-7-11(8-4-1)13-12-9-5-2-6-10-12/h3-7,12-13H,2,8-10H2,1H3,(H,17,18);11-13H,1-10H2/t12-,13+;/m1./s1. The molecule has 0 spiro atoms. The average Bonchev–Trinajstić information content (AvgIpc) is 3.30. The maximum atomic E-state index is 12.0. The van der Waals surface area contributed by atoms with Crippen LogP contribution in [0.5, 0.6) is 0 Å². The van der Waals surface area contributed by atoms with Gasteiger partial charge in [-0.3, -0.25) is 4.79 Å². The van der Waals surface area contributed by atoms with Crippen LogP contribution in [0.2, 0.25) is 0 Å². The number of carboxylic acid groups (broad SMARTS) is 1. The number of hydrogen-bond donors (Lipinski definition) is 2. The lowest BCUT2D eigenvalue weighted by atomic mass is 9.91. The largest absolute Gasteiger partial charge is 0.481 e. The van der Waals surface area contributed by atoms with Crippen LogP contribution in [0.4, 0.5) is 4.79 Å². The molecule has 1 aromatic rings. The molecule has 1 aromatic carbocycles. The topological polar surface area (TPSA) is 78.9 Å². The van der Waals surface area contributed by atoms with E-state index in [2.05, 4.69) is 5.32 Å². The van der Waals surface area contributed by atoms with Crippen molar-refractivity contribution >= 4 is 12.1 Å². The highest BCUT2D eigenvalue weighted by Crippen LogP contribution is 2.27. The highest BCUT2D eigenvalue weighted by Gasteiger charge is 2.39. The Morgan fingerprint density at radius 1 is 0.939 bits per heavy atom. The van der Waals surface area contributed by atoms with Gasteiger partial charge in [-0.1, -0.05) is 82.2 Å². The third-order valence-electron chi connectivity index (χ3n) is 7.43. The fraction of sp³-hybridized carbons (Fsp3) is 0.704. The number of likely N-dealkylation sites (tertiary alicyclic amines) is 1. The van der Waals surface area contributed by atoms with Crippen molar-refractivity contribution in [3.63, 3.8) is 0 Å². The van der Waals surface area contributed by atoms with E-state index in [0.29, 0.717) is 6.54 Å². The summed E-state index contributed by atoms with van der Waals surface area (Å²) >= 11 is 0. The minimum Gasteiger partial charge on any atom is -0.481 e. The van der Waals surface area contributed by atoms with Crippen molar-refractivity contribution in [2.75, 3.05) is 13.1 Å². The van der Waals surface area contributed by atoms with Gasteiger partial charge < -0.3 is 20.1 Å². The SMILES string of the molecule is C1CCC(NC2CCCCC2)CC1.CC[C@@H]1CN(C(=O)OCc2ccccc2)C[C@@H]1C(=O)O. The molecule has 6 heteroatoms. The zero-order valence-electron chi connectivity index (χ0n) is 20.2. The van der Waals surface area contributed by atoms with Gasteiger partial charge in [0.15, 0.2) is 0 Å². The second kappa shape index (κ2) is 13.6. The zero-order chi connectivity index (χ0) is 23.5. The van der Waals surface area contributed by atoms with E-state index in [1.807, 2.05) is 37.3 Å². The quantitative estimate of drug-likeness (QED) is 0.579. The summed E-state index contributed by atoms with van der Waals surface area (Å²) in [6.45, 7) is 2.85. The van der Waals surface area contributed by atoms with Gasteiger partial charge in [0.25, 0.3) is 0 Å². The second-order valence-electron chi connectivity index (χ2n) is 9.89. The molecular weight excluding hydrogens is 416 g/mol. The van der Waals surface area contributed by atoms with Gasteiger partial charge in [-0.15, -0.1) is 0 Å². The summed E-state index contributed by atoms with van der Waals surface area (Å²) < 4.78 is 5.23. The minimum atomic E-state index is -0.838. The molecule has 1 heterocycles. The predicted octanol–water partition coefficient (Wildman–Crippen LogP) is 5.61. The Labute approximate surface area is 199 Å². The lowest BCUT2D eigenvalue weighted by Crippen LogP contribution is -2.40. The molecule has 1 saturated heterocycles. The Bertz CT molecular complexity index is 698. The molecular formula is C27H42N2O4. The summed E-state index contributed by atoms with van der Waals surface area (Å²) in [7, 11) is 0. The molecule has 2 atom stereocenters. The van der Waals surface area contributed by atoms with Crippen molar-refractivity contribution in [3.05, 3.63) is 35.9 Å². The Morgan fingerprint density at radius 3 is 2.00 bits per heavy atom. The maximum Gasteiger partial charge on any atom is 0.410 e. The van der Waals surface area contributed by atoms with Gasteiger partial charge in [-0.2, -0.15) is 0 Å². The number of rotatable bonds is 6. The molecule has 0 unspecified atom stereocenters. The van der Waals surface area contributed by atoms with Crippen LogP contribution in [0.3, 0.4) is 0 Å². The summed E-state index contributed by atoms with van der Waals surface area (Å²) in [4.78, 5) is 24.6. The number of carbonyl (C=O) groups is 2. The van der Waals surface area contributed by atoms with E-state index >= 15 is 0 Å². The number of carbonyl (C=O) groups excluding carboxylic acids is 1. The number of amides is 1. The van der Waals surface area contributed by atoms with Crippen molar-refractivity contribution < 1.29 is 19.4 Å². The summed E-state index contributed by atoms with van der Waals surface area (Å²) in [5.41, 5.74) is 0.918. The molecule has 2 saturated carbocycles. The van der Waals surface area contributed by atoms with Crippen molar-refractivity contribution in [1.82, 2.24) is 10.2 Å². The summed E-state index contributed by atoms with van der Waals surface area (Å²) in [5, 5.41) is 13.0. The number of ether oxygens (including phenoxy) is 1. The van der Waals surface area contributed by atoms with Gasteiger partial charge in [-0.25, -0.2) is 4.79 Å². The van der Waals surface area contributed by atoms with Crippen LogP contribution in [-0.4, -0.2) is 47.2 Å². The van der Waals surface area contributed by atoms with Crippen LogP contribution in [0.25, 0.3) is 0 Å². The lowest BCUT2D eigenvalue weighted by Gasteiger charge is -2.30. The van der Waals surface area contributed by atoms with E-state index in [4.69, 9.17) is 9.84 Å².